The molecule has 0 amide bonds. The van der Waals surface area contributed by atoms with Gasteiger partial charge in [0.2, 0.25) is 6.29 Å². The van der Waals surface area contributed by atoms with Crippen LogP contribution in [0.1, 0.15) is 57.8 Å². The molecule has 2 rings (SSSR count). The summed E-state index contributed by atoms with van der Waals surface area (Å²) >= 11 is 0. The van der Waals surface area contributed by atoms with Gasteiger partial charge in [-0.2, -0.15) is 0 Å². The second kappa shape index (κ2) is 15.0. The fourth-order valence-electron chi connectivity index (χ4n) is 3.71. The Morgan fingerprint density at radius 1 is 1.02 bits per heavy atom. The Morgan fingerprint density at radius 2 is 1.65 bits per heavy atom. The molecule has 4 N–H and O–H groups in total. The molecule has 0 aliphatic carbocycles. The average molecular weight is 571 g/mol. The molecule has 0 spiro atoms. The summed E-state index contributed by atoms with van der Waals surface area (Å²) in [7, 11) is 0. The molecule has 226 valence electrons. The highest BCUT2D eigenvalue weighted by Crippen LogP contribution is 2.30. The molecule has 0 bridgehead atoms. The summed E-state index contributed by atoms with van der Waals surface area (Å²) in [6.45, 7) is 6.73. The first-order valence-electron chi connectivity index (χ1n) is 13.3. The van der Waals surface area contributed by atoms with E-state index in [4.69, 9.17) is 28.8 Å². The quantitative estimate of drug-likeness (QED) is 0.162. The van der Waals surface area contributed by atoms with Crippen LogP contribution in [0.15, 0.2) is 30.3 Å². The van der Waals surface area contributed by atoms with E-state index >= 15 is 0 Å². The highest BCUT2D eigenvalue weighted by molar-refractivity contribution is 5.97. The molecule has 1 aromatic rings. The van der Waals surface area contributed by atoms with Gasteiger partial charge in [-0.05, 0) is 33.6 Å². The number of ether oxygens (including phenoxy) is 5. The largest absolute Gasteiger partial charge is 0.462 e. The van der Waals surface area contributed by atoms with Crippen molar-refractivity contribution in [3.63, 3.8) is 0 Å². The molecular formula is C28H42O12. The van der Waals surface area contributed by atoms with Crippen LogP contribution < -0.4 is 0 Å². The Kier molecular flexibility index (Phi) is 12.6. The Balaban J connectivity index is 2.08. The van der Waals surface area contributed by atoms with Crippen LogP contribution in [-0.4, -0.2) is 107 Å². The highest BCUT2D eigenvalue weighted by atomic mass is 16.7. The molecule has 0 radical (unpaired) electrons. The summed E-state index contributed by atoms with van der Waals surface area (Å²) in [5.41, 5.74) is -1.74. The molecule has 12 heteroatoms. The van der Waals surface area contributed by atoms with Gasteiger partial charge in [-0.25, -0.2) is 4.79 Å². The van der Waals surface area contributed by atoms with E-state index in [9.17, 15) is 29.7 Å². The Bertz CT molecular complexity index is 965. The van der Waals surface area contributed by atoms with E-state index < -0.39 is 73.0 Å². The first-order chi connectivity index (χ1) is 18.8. The number of carbonyl (C=O) groups excluding carboxylic acids is 3. The van der Waals surface area contributed by atoms with Crippen LogP contribution in [0.4, 0.5) is 0 Å². The molecule has 40 heavy (non-hydrogen) atoms. The Morgan fingerprint density at radius 3 is 2.23 bits per heavy atom. The third-order valence-electron chi connectivity index (χ3n) is 7.20. The van der Waals surface area contributed by atoms with Gasteiger partial charge in [-0.15, -0.1) is 0 Å². The molecule has 7 atom stereocenters. The van der Waals surface area contributed by atoms with Crippen LogP contribution in [0.2, 0.25) is 0 Å². The summed E-state index contributed by atoms with van der Waals surface area (Å²) in [6, 6.07) is 8.44. The number of aliphatic hydroxyl groups is 4. The van der Waals surface area contributed by atoms with Crippen LogP contribution >= 0.6 is 0 Å². The number of hydrogen-bond acceptors (Lipinski definition) is 12. The molecule has 1 fully saturated rings. The second-order valence-corrected chi connectivity index (χ2v) is 10.5. The maximum absolute atomic E-state index is 13.3. The minimum atomic E-state index is -1.70. The van der Waals surface area contributed by atoms with Crippen LogP contribution in [0.3, 0.4) is 0 Å². The smallest absolute Gasteiger partial charge is 0.335 e. The van der Waals surface area contributed by atoms with Crippen molar-refractivity contribution in [2.75, 3.05) is 26.4 Å². The van der Waals surface area contributed by atoms with Gasteiger partial charge in [0.25, 0.3) is 0 Å². The molecule has 1 aliphatic rings. The SMILES string of the molecule is CCC(C)(CC)OCC(C)(COC(=O)C(C)OCC(=O)c1ccccc1)C(=O)OC1O[C@H](C(O)CO)[C@H](O)[C@@H]1O. The lowest BCUT2D eigenvalue weighted by Gasteiger charge is -2.34. The van der Waals surface area contributed by atoms with Crippen molar-refractivity contribution in [2.24, 2.45) is 5.41 Å². The third-order valence-corrected chi connectivity index (χ3v) is 7.20. The van der Waals surface area contributed by atoms with Gasteiger partial charge in [0.05, 0.1) is 18.8 Å². The summed E-state index contributed by atoms with van der Waals surface area (Å²) in [6.07, 6.45) is -7.75. The number of carbonyl (C=O) groups is 3. The number of ketones is 1. The van der Waals surface area contributed by atoms with E-state index in [1.807, 2.05) is 20.8 Å². The fraction of sp³-hybridized carbons (Fsp3) is 0.679. The fourth-order valence-corrected chi connectivity index (χ4v) is 3.71. The minimum absolute atomic E-state index is 0.229. The van der Waals surface area contributed by atoms with Crippen molar-refractivity contribution in [3.8, 4) is 0 Å². The van der Waals surface area contributed by atoms with Crippen molar-refractivity contribution >= 4 is 17.7 Å². The van der Waals surface area contributed by atoms with E-state index in [0.29, 0.717) is 18.4 Å². The minimum Gasteiger partial charge on any atom is -0.462 e. The van der Waals surface area contributed by atoms with Crippen molar-refractivity contribution in [1.82, 2.24) is 0 Å². The van der Waals surface area contributed by atoms with Gasteiger partial charge in [-0.1, -0.05) is 44.2 Å². The van der Waals surface area contributed by atoms with Gasteiger partial charge in [0, 0.05) is 5.56 Å². The first-order valence-corrected chi connectivity index (χ1v) is 13.3. The zero-order valence-electron chi connectivity index (χ0n) is 23.6. The average Bonchev–Trinajstić information content (AvgIpc) is 3.25. The Hall–Kier alpha value is -2.45. The third kappa shape index (κ3) is 8.77. The zero-order valence-corrected chi connectivity index (χ0v) is 23.6. The lowest BCUT2D eigenvalue weighted by atomic mass is 9.91. The molecule has 12 nitrogen and oxygen atoms in total. The molecular weight excluding hydrogens is 528 g/mol. The van der Waals surface area contributed by atoms with E-state index in [-0.39, 0.29) is 19.0 Å². The molecule has 1 heterocycles. The molecule has 0 saturated carbocycles. The van der Waals surface area contributed by atoms with Crippen LogP contribution in [0.5, 0.6) is 0 Å². The molecule has 1 aromatic carbocycles. The lowest BCUT2D eigenvalue weighted by Crippen LogP contribution is -2.46. The number of esters is 2. The monoisotopic (exact) mass is 570 g/mol. The van der Waals surface area contributed by atoms with Crippen molar-refractivity contribution in [1.29, 1.82) is 0 Å². The van der Waals surface area contributed by atoms with Gasteiger partial charge in [0.15, 0.2) is 11.9 Å². The van der Waals surface area contributed by atoms with Gasteiger partial charge in [0.1, 0.15) is 43.0 Å². The van der Waals surface area contributed by atoms with Crippen molar-refractivity contribution < 1.29 is 58.5 Å². The maximum atomic E-state index is 13.3. The standard InChI is InChI=1S/C28H42O12/c1-6-28(5,7-2)38-16-27(4,26(35)40-25-22(33)21(32)23(39-25)19(30)13-29)15-37-24(34)17(3)36-14-20(31)18-11-9-8-10-12-18/h8-12,17,19,21-23,25,29-30,32-33H,6-7,13-16H2,1-5H3/t17?,19?,21-,22+,23-,25?,27?/m1/s1. The van der Waals surface area contributed by atoms with Gasteiger partial charge in [-0.3, -0.25) is 9.59 Å². The number of hydrogen-bond donors (Lipinski definition) is 4. The van der Waals surface area contributed by atoms with E-state index in [0.717, 1.165) is 0 Å². The molecule has 4 unspecified atom stereocenters. The topological polar surface area (TPSA) is 178 Å². The molecule has 0 aromatic heterocycles. The summed E-state index contributed by atoms with van der Waals surface area (Å²) in [4.78, 5) is 38.3. The van der Waals surface area contributed by atoms with Crippen molar-refractivity contribution in [2.45, 2.75) is 89.9 Å². The van der Waals surface area contributed by atoms with Crippen LogP contribution in [0.25, 0.3) is 0 Å². The Labute approximate surface area is 234 Å². The van der Waals surface area contributed by atoms with Crippen LogP contribution in [0, 0.1) is 5.41 Å². The summed E-state index contributed by atoms with van der Waals surface area (Å²) in [5.74, 6) is -2.10. The van der Waals surface area contributed by atoms with Crippen molar-refractivity contribution in [3.05, 3.63) is 35.9 Å². The molecule has 1 aliphatic heterocycles. The zero-order chi connectivity index (χ0) is 30.1. The maximum Gasteiger partial charge on any atom is 0.335 e. The van der Waals surface area contributed by atoms with E-state index in [1.165, 1.54) is 13.8 Å². The second-order valence-electron chi connectivity index (χ2n) is 10.5. The van der Waals surface area contributed by atoms with Crippen LogP contribution in [-0.2, 0) is 33.3 Å². The highest BCUT2D eigenvalue weighted by Gasteiger charge is 2.50. The first kappa shape index (κ1) is 33.8. The molecule has 1 saturated heterocycles. The van der Waals surface area contributed by atoms with E-state index in [1.54, 1.807) is 30.3 Å². The number of rotatable bonds is 16. The lowest BCUT2D eigenvalue weighted by molar-refractivity contribution is -0.212. The predicted octanol–water partition coefficient (Wildman–Crippen LogP) is 0.762. The number of aliphatic hydroxyl groups excluding tert-OH is 4. The number of benzene rings is 1. The van der Waals surface area contributed by atoms with Gasteiger partial charge >= 0.3 is 11.9 Å². The number of Topliss-reactive ketones (excluding diaryl/α,β-unsaturated/α-hetero) is 1. The predicted molar refractivity (Wildman–Crippen MR) is 140 cm³/mol. The summed E-state index contributed by atoms with van der Waals surface area (Å²) < 4.78 is 27.4. The normalized spacial score (nSPS) is 24.1. The summed E-state index contributed by atoms with van der Waals surface area (Å²) in [5, 5.41) is 39.4. The van der Waals surface area contributed by atoms with Gasteiger partial charge < -0.3 is 44.1 Å². The van der Waals surface area contributed by atoms with E-state index in [2.05, 4.69) is 0 Å².